The van der Waals surface area contributed by atoms with E-state index in [0.717, 1.165) is 0 Å². The van der Waals surface area contributed by atoms with E-state index in [4.69, 9.17) is 23.8 Å². The normalized spacial score (nSPS) is 11.8. The van der Waals surface area contributed by atoms with Crippen LogP contribution in [0.15, 0.2) is 0 Å². The molecule has 146 valence electrons. The van der Waals surface area contributed by atoms with Gasteiger partial charge in [-0.15, -0.1) is 0 Å². The highest BCUT2D eigenvalue weighted by atomic mass is 16.8. The fraction of sp³-hybridized carbons (Fsp3) is 0.812. The number of amides is 2. The van der Waals surface area contributed by atoms with Gasteiger partial charge >= 0.3 is 12.2 Å². The van der Waals surface area contributed by atoms with E-state index in [0.29, 0.717) is 11.3 Å². The van der Waals surface area contributed by atoms with Crippen LogP contribution in [0.2, 0.25) is 0 Å². The van der Waals surface area contributed by atoms with Crippen LogP contribution >= 0.6 is 0 Å². The molecule has 9 nitrogen and oxygen atoms in total. The molecule has 0 aromatic heterocycles. The first kappa shape index (κ1) is 23.3. The van der Waals surface area contributed by atoms with Crippen molar-refractivity contribution in [1.29, 1.82) is 0 Å². The minimum absolute atomic E-state index is 0.00489. The fourth-order valence-corrected chi connectivity index (χ4v) is 1.33. The third-order valence-electron chi connectivity index (χ3n) is 2.12. The number of ether oxygens (including phenoxy) is 4. The van der Waals surface area contributed by atoms with E-state index in [1.807, 2.05) is 0 Å². The molecule has 0 aromatic carbocycles. The van der Waals surface area contributed by atoms with E-state index in [1.54, 1.807) is 41.5 Å². The molecule has 0 heterocycles. The molecule has 0 aromatic rings. The van der Waals surface area contributed by atoms with Crippen LogP contribution in [0.5, 0.6) is 0 Å². The van der Waals surface area contributed by atoms with E-state index in [-0.39, 0.29) is 33.0 Å². The molecular formula is C16H29NO8. The van der Waals surface area contributed by atoms with Crippen molar-refractivity contribution in [2.75, 3.05) is 33.0 Å². The smallest absolute Gasteiger partial charge is 0.442 e. The summed E-state index contributed by atoms with van der Waals surface area (Å²) in [5.41, 5.74) is -1.60. The predicted molar refractivity (Wildman–Crippen MR) is 88.0 cm³/mol. The number of imide groups is 1. The Bertz CT molecular complexity index is 397. The maximum absolute atomic E-state index is 12.1. The fourth-order valence-electron chi connectivity index (χ4n) is 1.33. The minimum atomic E-state index is -0.976. The Morgan fingerprint density at radius 1 is 0.800 bits per heavy atom. The van der Waals surface area contributed by atoms with Crippen LogP contribution < -0.4 is 0 Å². The lowest BCUT2D eigenvalue weighted by Gasteiger charge is -2.27. The molecule has 0 fully saturated rings. The summed E-state index contributed by atoms with van der Waals surface area (Å²) in [5.74, 6) is 0. The Morgan fingerprint density at radius 3 is 1.68 bits per heavy atom. The summed E-state index contributed by atoms with van der Waals surface area (Å²) in [6.07, 6.45) is -1.31. The summed E-state index contributed by atoms with van der Waals surface area (Å²) in [5, 5.41) is 0.433. The van der Waals surface area contributed by atoms with Gasteiger partial charge in [0.1, 0.15) is 24.1 Å². The number of carbonyl (C=O) groups is 3. The molecule has 0 radical (unpaired) electrons. The van der Waals surface area contributed by atoms with Crippen molar-refractivity contribution < 1.29 is 38.2 Å². The van der Waals surface area contributed by atoms with Crippen molar-refractivity contribution in [2.45, 2.75) is 52.7 Å². The molecule has 0 unspecified atom stereocenters. The largest absolute Gasteiger partial charge is 0.444 e. The molecule has 0 aliphatic carbocycles. The molecular weight excluding hydrogens is 334 g/mol. The van der Waals surface area contributed by atoms with Crippen molar-refractivity contribution in [3.63, 3.8) is 0 Å². The van der Waals surface area contributed by atoms with Gasteiger partial charge in [0, 0.05) is 0 Å². The van der Waals surface area contributed by atoms with Gasteiger partial charge in [-0.2, -0.15) is 0 Å². The summed E-state index contributed by atoms with van der Waals surface area (Å²) < 4.78 is 20.3. The highest BCUT2D eigenvalue weighted by Gasteiger charge is 2.32. The Labute approximate surface area is 148 Å². The monoisotopic (exact) mass is 363 g/mol. The highest BCUT2D eigenvalue weighted by molar-refractivity contribution is 5.86. The predicted octanol–water partition coefficient (Wildman–Crippen LogP) is 2.32. The molecule has 0 aliphatic heterocycles. The van der Waals surface area contributed by atoms with Crippen molar-refractivity contribution in [3.05, 3.63) is 0 Å². The zero-order chi connectivity index (χ0) is 19.5. The van der Waals surface area contributed by atoms with Gasteiger partial charge in [-0.05, 0) is 41.5 Å². The minimum Gasteiger partial charge on any atom is -0.442 e. The second-order valence-corrected chi connectivity index (χ2v) is 6.94. The second kappa shape index (κ2) is 11.0. The van der Waals surface area contributed by atoms with E-state index >= 15 is 0 Å². The van der Waals surface area contributed by atoms with Gasteiger partial charge in [0.05, 0.1) is 26.4 Å². The van der Waals surface area contributed by atoms with Crippen LogP contribution in [0.3, 0.4) is 0 Å². The number of carbonyl (C=O) groups excluding carboxylic acids is 3. The molecule has 0 atom stereocenters. The van der Waals surface area contributed by atoms with Crippen molar-refractivity contribution >= 4 is 18.5 Å². The van der Waals surface area contributed by atoms with E-state index < -0.39 is 23.4 Å². The van der Waals surface area contributed by atoms with Gasteiger partial charge < -0.3 is 23.7 Å². The summed E-state index contributed by atoms with van der Waals surface area (Å²) in [6.45, 7) is 10.5. The average molecular weight is 363 g/mol. The van der Waals surface area contributed by atoms with Crippen LogP contribution in [0, 0.1) is 0 Å². The average Bonchev–Trinajstić information content (AvgIpc) is 2.41. The topological polar surface area (TPSA) is 101 Å². The number of rotatable bonds is 9. The molecule has 0 saturated carbocycles. The van der Waals surface area contributed by atoms with Crippen molar-refractivity contribution in [3.8, 4) is 0 Å². The van der Waals surface area contributed by atoms with Gasteiger partial charge in [0.15, 0.2) is 0 Å². The number of nitrogens with zero attached hydrogens (tertiary/aromatic N) is 1. The number of hydrogen-bond donors (Lipinski definition) is 0. The van der Waals surface area contributed by atoms with Gasteiger partial charge in [-0.3, -0.25) is 4.84 Å². The van der Waals surface area contributed by atoms with Gasteiger partial charge in [-0.1, -0.05) is 5.06 Å². The Balaban J connectivity index is 4.47. The van der Waals surface area contributed by atoms with Gasteiger partial charge in [0.25, 0.3) is 0 Å². The maximum Gasteiger partial charge on any atom is 0.444 e. The van der Waals surface area contributed by atoms with Crippen LogP contribution in [-0.4, -0.2) is 67.8 Å². The zero-order valence-electron chi connectivity index (χ0n) is 15.8. The molecule has 2 amide bonds. The summed E-state index contributed by atoms with van der Waals surface area (Å²) >= 11 is 0. The van der Waals surface area contributed by atoms with Crippen LogP contribution in [0.25, 0.3) is 0 Å². The zero-order valence-corrected chi connectivity index (χ0v) is 15.8. The Kier molecular flexibility index (Phi) is 10.3. The highest BCUT2D eigenvalue weighted by Crippen LogP contribution is 2.14. The van der Waals surface area contributed by atoms with Crippen molar-refractivity contribution in [1.82, 2.24) is 5.06 Å². The molecule has 25 heavy (non-hydrogen) atoms. The lowest BCUT2D eigenvalue weighted by Crippen LogP contribution is -2.44. The van der Waals surface area contributed by atoms with E-state index in [2.05, 4.69) is 0 Å². The number of aldehydes is 1. The Morgan fingerprint density at radius 2 is 1.24 bits per heavy atom. The SMILES string of the molecule is CC(C)(C)OC(=O)N(OCCOCCOCC=O)C(=O)OC(C)(C)C. The third-order valence-corrected chi connectivity index (χ3v) is 2.12. The molecule has 0 bridgehead atoms. The molecule has 0 N–H and O–H groups in total. The number of hydroxylamine groups is 2. The molecule has 0 rings (SSSR count). The summed E-state index contributed by atoms with van der Waals surface area (Å²) in [6, 6.07) is 0. The molecule has 0 saturated heterocycles. The Hall–Kier alpha value is -1.71. The third kappa shape index (κ3) is 13.3. The van der Waals surface area contributed by atoms with Crippen LogP contribution in [-0.2, 0) is 28.6 Å². The molecule has 9 heteroatoms. The molecule has 0 aliphatic rings. The van der Waals surface area contributed by atoms with Gasteiger partial charge in [0.2, 0.25) is 0 Å². The maximum atomic E-state index is 12.1. The molecule has 0 spiro atoms. The first-order chi connectivity index (χ1) is 11.5. The lowest BCUT2D eigenvalue weighted by molar-refractivity contribution is -0.148. The van der Waals surface area contributed by atoms with Gasteiger partial charge in [-0.25, -0.2) is 9.59 Å². The first-order valence-electron chi connectivity index (χ1n) is 7.94. The first-order valence-corrected chi connectivity index (χ1v) is 7.94. The quantitative estimate of drug-likeness (QED) is 0.349. The van der Waals surface area contributed by atoms with Crippen LogP contribution in [0.4, 0.5) is 9.59 Å². The number of hydrogen-bond acceptors (Lipinski definition) is 8. The van der Waals surface area contributed by atoms with E-state index in [1.165, 1.54) is 0 Å². The lowest BCUT2D eigenvalue weighted by atomic mass is 10.2. The van der Waals surface area contributed by atoms with E-state index in [9.17, 15) is 14.4 Å². The van der Waals surface area contributed by atoms with Crippen molar-refractivity contribution in [2.24, 2.45) is 0 Å². The second-order valence-electron chi connectivity index (χ2n) is 6.94. The van der Waals surface area contributed by atoms with Crippen LogP contribution in [0.1, 0.15) is 41.5 Å². The summed E-state index contributed by atoms with van der Waals surface area (Å²) in [4.78, 5) is 39.4. The standard InChI is InChI=1S/C16H29NO8/c1-15(2,3)24-13(19)17(14(20)25-16(4,5)6)23-12-11-22-10-9-21-8-7-18/h7H,8-12H2,1-6H3. The summed E-state index contributed by atoms with van der Waals surface area (Å²) in [7, 11) is 0.